The Kier molecular flexibility index (Phi) is 5.43. The molecule has 1 nitrogen and oxygen atoms in total. The van der Waals surface area contributed by atoms with Crippen molar-refractivity contribution >= 4 is 9.68 Å². The third-order valence-corrected chi connectivity index (χ3v) is 2.83. The van der Waals surface area contributed by atoms with Gasteiger partial charge in [-0.3, -0.25) is 0 Å². The molecular weight excluding hydrogens is 114 g/mol. The maximum Gasteiger partial charge on any atom is 0.0916 e. The van der Waals surface area contributed by atoms with Gasteiger partial charge in [0.15, 0.2) is 0 Å². The van der Waals surface area contributed by atoms with E-state index in [0.29, 0.717) is 0 Å². The average Bonchev–Trinajstić information content (AvgIpc) is 1.83. The van der Waals surface area contributed by atoms with Crippen molar-refractivity contribution in [3.05, 3.63) is 0 Å². The van der Waals surface area contributed by atoms with Crippen LogP contribution in [-0.4, -0.2) is 27.8 Å². The van der Waals surface area contributed by atoms with Gasteiger partial charge in [0.25, 0.3) is 0 Å². The maximum atomic E-state index is 2.48. The lowest BCUT2D eigenvalue weighted by Crippen LogP contribution is -2.21. The summed E-state index contributed by atoms with van der Waals surface area (Å²) in [4.78, 5) is 0. The van der Waals surface area contributed by atoms with Gasteiger partial charge in [-0.15, -0.1) is 0 Å². The van der Waals surface area contributed by atoms with Crippen molar-refractivity contribution in [1.29, 1.82) is 0 Å². The first-order valence-electron chi connectivity index (χ1n) is 3.49. The molecule has 0 bridgehead atoms. The summed E-state index contributed by atoms with van der Waals surface area (Å²) >= 11 is 0. The quantitative estimate of drug-likeness (QED) is 0.511. The Morgan fingerprint density at radius 2 is 2.12 bits per heavy atom. The van der Waals surface area contributed by atoms with Crippen molar-refractivity contribution in [3.8, 4) is 0 Å². The number of hydrogen-bond donors (Lipinski definition) is 0. The zero-order valence-corrected chi connectivity index (χ0v) is 7.69. The molecule has 0 unspecified atom stereocenters. The van der Waals surface area contributed by atoms with Crippen LogP contribution in [0.3, 0.4) is 0 Å². The van der Waals surface area contributed by atoms with Gasteiger partial charge in [-0.05, 0) is 20.0 Å². The molecule has 0 saturated heterocycles. The molecule has 0 saturated carbocycles. The second-order valence-corrected chi connectivity index (χ2v) is 3.96. The zero-order chi connectivity index (χ0) is 6.41. The largest absolute Gasteiger partial charge is 0.332 e. The minimum absolute atomic E-state index is 0.151. The minimum Gasteiger partial charge on any atom is -0.332 e. The van der Waals surface area contributed by atoms with Crippen molar-refractivity contribution in [3.63, 3.8) is 0 Å². The molecule has 0 spiro atoms. The first-order valence-corrected chi connectivity index (χ1v) is 5.54. The lowest BCUT2D eigenvalue weighted by atomic mass is 10.3. The highest BCUT2D eigenvalue weighted by Crippen LogP contribution is 1.88. The Labute approximate surface area is 55.0 Å². The molecule has 0 aliphatic rings. The lowest BCUT2D eigenvalue weighted by molar-refractivity contribution is 0.512. The van der Waals surface area contributed by atoms with Gasteiger partial charge < -0.3 is 4.57 Å². The Morgan fingerprint density at radius 1 is 1.50 bits per heavy atom. The van der Waals surface area contributed by atoms with E-state index in [2.05, 4.69) is 25.1 Å². The van der Waals surface area contributed by atoms with Crippen molar-refractivity contribution in [1.82, 2.24) is 4.57 Å². The molecule has 0 heterocycles. The van der Waals surface area contributed by atoms with Gasteiger partial charge in [0, 0.05) is 0 Å². The number of hydrogen-bond acceptors (Lipinski definition) is 1. The van der Waals surface area contributed by atoms with Crippen LogP contribution < -0.4 is 0 Å². The third-order valence-electron chi connectivity index (χ3n) is 1.43. The van der Waals surface area contributed by atoms with E-state index in [-0.39, 0.29) is 9.68 Å². The summed E-state index contributed by atoms with van der Waals surface area (Å²) in [5.74, 6) is 0. The van der Waals surface area contributed by atoms with Crippen molar-refractivity contribution in [2.75, 3.05) is 13.6 Å². The Hall–Kier alpha value is 0.177. The average molecular weight is 131 g/mol. The summed E-state index contributed by atoms with van der Waals surface area (Å²) in [7, 11) is 2.38. The summed E-state index contributed by atoms with van der Waals surface area (Å²) in [6.45, 7) is 5.89. The van der Waals surface area contributed by atoms with E-state index >= 15 is 0 Å². The molecule has 0 fully saturated rings. The molecule has 0 rings (SSSR count). The van der Waals surface area contributed by atoms with Gasteiger partial charge in [0.05, 0.1) is 9.68 Å². The maximum absolute atomic E-state index is 2.48. The fraction of sp³-hybridized carbons (Fsp3) is 1.00. The third kappa shape index (κ3) is 4.34. The van der Waals surface area contributed by atoms with Crippen LogP contribution in [-0.2, 0) is 0 Å². The predicted molar refractivity (Wildman–Crippen MR) is 41.9 cm³/mol. The smallest absolute Gasteiger partial charge is 0.0916 e. The topological polar surface area (TPSA) is 3.24 Å². The van der Waals surface area contributed by atoms with Crippen LogP contribution in [0.1, 0.15) is 19.8 Å². The van der Waals surface area contributed by atoms with Gasteiger partial charge in [0.1, 0.15) is 0 Å². The first kappa shape index (κ1) is 8.18. The van der Waals surface area contributed by atoms with E-state index in [4.69, 9.17) is 0 Å². The molecule has 0 N–H and O–H groups in total. The van der Waals surface area contributed by atoms with Crippen LogP contribution >= 0.6 is 0 Å². The van der Waals surface area contributed by atoms with E-state index in [9.17, 15) is 0 Å². The van der Waals surface area contributed by atoms with Gasteiger partial charge >= 0.3 is 0 Å². The Morgan fingerprint density at radius 3 is 2.50 bits per heavy atom. The SMILES string of the molecule is CCCCN(C)[SiH2]C. The minimum atomic E-state index is 0.151. The summed E-state index contributed by atoms with van der Waals surface area (Å²) < 4.78 is 2.48. The van der Waals surface area contributed by atoms with Crippen molar-refractivity contribution in [2.24, 2.45) is 0 Å². The first-order chi connectivity index (χ1) is 3.81. The molecular formula is C6H17NSi. The molecule has 8 heavy (non-hydrogen) atoms. The van der Waals surface area contributed by atoms with Gasteiger partial charge in [0.2, 0.25) is 0 Å². The fourth-order valence-electron chi connectivity index (χ4n) is 0.586. The van der Waals surface area contributed by atoms with E-state index in [1.807, 2.05) is 0 Å². The molecule has 0 amide bonds. The van der Waals surface area contributed by atoms with Crippen molar-refractivity contribution < 1.29 is 0 Å². The van der Waals surface area contributed by atoms with Crippen LogP contribution in [0.5, 0.6) is 0 Å². The number of unbranched alkanes of at least 4 members (excludes halogenated alkanes) is 1. The molecule has 0 aliphatic carbocycles. The fourth-order valence-corrected chi connectivity index (χ4v) is 1.13. The van der Waals surface area contributed by atoms with Gasteiger partial charge in [-0.25, -0.2) is 0 Å². The van der Waals surface area contributed by atoms with Gasteiger partial charge in [-0.1, -0.05) is 19.9 Å². The van der Waals surface area contributed by atoms with Crippen LogP contribution in [0.15, 0.2) is 0 Å². The summed E-state index contributed by atoms with van der Waals surface area (Å²) in [5.41, 5.74) is 0. The van der Waals surface area contributed by atoms with E-state index in [1.54, 1.807) is 0 Å². The number of rotatable bonds is 4. The summed E-state index contributed by atoms with van der Waals surface area (Å²) in [5, 5.41) is 0. The highest BCUT2D eigenvalue weighted by Gasteiger charge is 1.89. The van der Waals surface area contributed by atoms with Gasteiger partial charge in [-0.2, -0.15) is 0 Å². The molecule has 0 aromatic carbocycles. The predicted octanol–water partition coefficient (Wildman–Crippen LogP) is 0.850. The summed E-state index contributed by atoms with van der Waals surface area (Å²) in [6, 6.07) is 0. The highest BCUT2D eigenvalue weighted by molar-refractivity contribution is 6.29. The second-order valence-electron chi connectivity index (χ2n) is 2.25. The van der Waals surface area contributed by atoms with Crippen LogP contribution in [0.2, 0.25) is 6.55 Å². The highest BCUT2D eigenvalue weighted by atomic mass is 28.2. The second kappa shape index (κ2) is 5.32. The summed E-state index contributed by atoms with van der Waals surface area (Å²) in [6.07, 6.45) is 2.70. The monoisotopic (exact) mass is 131 g/mol. The molecule has 50 valence electrons. The van der Waals surface area contributed by atoms with Crippen LogP contribution in [0.25, 0.3) is 0 Å². The standard InChI is InChI=1S/C6H17NSi/c1-4-5-6-7(2)8-3/h4-6,8H2,1-3H3. The van der Waals surface area contributed by atoms with Crippen LogP contribution in [0, 0.1) is 0 Å². The Bertz CT molecular complexity index is 47.8. The zero-order valence-electron chi connectivity index (χ0n) is 6.28. The lowest BCUT2D eigenvalue weighted by Gasteiger charge is -2.11. The van der Waals surface area contributed by atoms with Crippen molar-refractivity contribution in [2.45, 2.75) is 26.3 Å². The van der Waals surface area contributed by atoms with E-state index in [0.717, 1.165) is 0 Å². The molecule has 0 aliphatic heterocycles. The van der Waals surface area contributed by atoms with E-state index < -0.39 is 0 Å². The molecule has 0 atom stereocenters. The normalized spacial score (nSPS) is 12.0. The Balaban J connectivity index is 2.86. The van der Waals surface area contributed by atoms with E-state index in [1.165, 1.54) is 19.4 Å². The molecule has 2 heteroatoms. The number of nitrogens with zero attached hydrogens (tertiary/aromatic N) is 1. The molecule has 0 radical (unpaired) electrons. The molecule has 0 aromatic rings. The molecule has 0 aromatic heterocycles. The van der Waals surface area contributed by atoms with Crippen LogP contribution in [0.4, 0.5) is 0 Å².